The number of nitrogens with zero attached hydrogens (tertiary/aromatic N) is 2. The number of nitrogens with one attached hydrogen (secondary N) is 1. The lowest BCUT2D eigenvalue weighted by Gasteiger charge is -2.29. The summed E-state index contributed by atoms with van der Waals surface area (Å²) in [4.78, 5) is 20.1. The van der Waals surface area contributed by atoms with E-state index in [9.17, 15) is 4.79 Å². The number of benzene rings is 1. The van der Waals surface area contributed by atoms with Crippen molar-refractivity contribution >= 4 is 17.2 Å². The van der Waals surface area contributed by atoms with Crippen molar-refractivity contribution in [2.75, 3.05) is 13.1 Å². The number of aromatic nitrogens is 1. The highest BCUT2D eigenvalue weighted by atomic mass is 32.1. The highest BCUT2D eigenvalue weighted by Gasteiger charge is 2.44. The zero-order chi connectivity index (χ0) is 21.0. The zero-order valence-corrected chi connectivity index (χ0v) is 18.5. The molecular formula is C25H29N3OS. The molecule has 1 saturated heterocycles. The minimum absolute atomic E-state index is 0.139. The summed E-state index contributed by atoms with van der Waals surface area (Å²) >= 11 is 1.71. The van der Waals surface area contributed by atoms with Crippen molar-refractivity contribution in [3.8, 4) is 11.1 Å². The van der Waals surface area contributed by atoms with Gasteiger partial charge in [0.05, 0.1) is 11.1 Å². The Labute approximate surface area is 183 Å². The topological polar surface area (TPSA) is 45.2 Å². The molecule has 0 spiro atoms. The average molecular weight is 420 g/mol. The van der Waals surface area contributed by atoms with Crippen LogP contribution in [0.1, 0.15) is 31.5 Å². The second-order valence-electron chi connectivity index (χ2n) is 8.58. The van der Waals surface area contributed by atoms with Gasteiger partial charge in [0.15, 0.2) is 0 Å². The first-order valence-corrected chi connectivity index (χ1v) is 11.5. The van der Waals surface area contributed by atoms with E-state index in [0.29, 0.717) is 0 Å². The minimum atomic E-state index is -0.400. The number of hydrogen-bond acceptors (Lipinski definition) is 4. The SMILES string of the molecule is CC(C)NC(=O)[C@]1(Cc2ccc(-c3ccsc3)cc2)CCN(Cc2ccccn2)C1. The van der Waals surface area contributed by atoms with Crippen LogP contribution in [0.3, 0.4) is 0 Å². The molecule has 1 aliphatic rings. The van der Waals surface area contributed by atoms with E-state index >= 15 is 0 Å². The number of pyridine rings is 1. The number of hydrogen-bond donors (Lipinski definition) is 1. The molecule has 1 atom stereocenters. The van der Waals surface area contributed by atoms with Crippen molar-refractivity contribution in [2.24, 2.45) is 5.41 Å². The van der Waals surface area contributed by atoms with E-state index in [1.165, 1.54) is 16.7 Å². The molecule has 1 N–H and O–H groups in total. The van der Waals surface area contributed by atoms with Gasteiger partial charge in [-0.1, -0.05) is 30.3 Å². The summed E-state index contributed by atoms with van der Waals surface area (Å²) in [5, 5.41) is 7.45. The van der Waals surface area contributed by atoms with Crippen molar-refractivity contribution in [3.63, 3.8) is 0 Å². The van der Waals surface area contributed by atoms with Crippen LogP contribution in [0.2, 0.25) is 0 Å². The van der Waals surface area contributed by atoms with E-state index in [4.69, 9.17) is 0 Å². The maximum Gasteiger partial charge on any atom is 0.228 e. The van der Waals surface area contributed by atoms with Gasteiger partial charge in [0, 0.05) is 25.3 Å². The smallest absolute Gasteiger partial charge is 0.228 e. The van der Waals surface area contributed by atoms with Gasteiger partial charge < -0.3 is 5.32 Å². The lowest BCUT2D eigenvalue weighted by atomic mass is 9.79. The standard InChI is InChI=1S/C25H29N3OS/c1-19(2)27-24(29)25(11-13-28(18-25)16-23-5-3-4-12-26-23)15-20-6-8-21(9-7-20)22-10-14-30-17-22/h3-10,12,14,17,19H,11,13,15-16,18H2,1-2H3,(H,27,29)/t25-/m0/s1. The van der Waals surface area contributed by atoms with Crippen LogP contribution in [0.5, 0.6) is 0 Å². The van der Waals surface area contributed by atoms with Gasteiger partial charge in [-0.15, -0.1) is 0 Å². The van der Waals surface area contributed by atoms with Gasteiger partial charge in [0.2, 0.25) is 5.91 Å². The van der Waals surface area contributed by atoms with E-state index in [1.807, 2.05) is 32.2 Å². The van der Waals surface area contributed by atoms with E-state index in [2.05, 4.69) is 62.4 Å². The fourth-order valence-electron chi connectivity index (χ4n) is 4.27. The Hall–Kier alpha value is -2.50. The Balaban J connectivity index is 1.52. The third kappa shape index (κ3) is 4.79. The number of likely N-dealkylation sites (tertiary alicyclic amines) is 1. The first-order valence-electron chi connectivity index (χ1n) is 10.6. The van der Waals surface area contributed by atoms with E-state index in [1.54, 1.807) is 11.3 Å². The molecule has 0 aliphatic carbocycles. The van der Waals surface area contributed by atoms with Gasteiger partial charge in [-0.05, 0) is 78.9 Å². The Morgan fingerprint density at radius 2 is 2.00 bits per heavy atom. The van der Waals surface area contributed by atoms with Crippen molar-refractivity contribution in [2.45, 2.75) is 39.3 Å². The molecular weight excluding hydrogens is 390 g/mol. The summed E-state index contributed by atoms with van der Waals surface area (Å²) in [5.41, 5.74) is 4.35. The Morgan fingerprint density at radius 3 is 2.67 bits per heavy atom. The molecule has 156 valence electrons. The normalized spacial score (nSPS) is 19.3. The molecule has 1 aliphatic heterocycles. The molecule has 1 aromatic carbocycles. The highest BCUT2D eigenvalue weighted by Crippen LogP contribution is 2.36. The molecule has 1 amide bonds. The molecule has 0 unspecified atom stereocenters. The Kier molecular flexibility index (Phi) is 6.30. The van der Waals surface area contributed by atoms with Gasteiger partial charge in [-0.2, -0.15) is 11.3 Å². The predicted molar refractivity (Wildman–Crippen MR) is 123 cm³/mol. The number of carbonyl (C=O) groups excluding carboxylic acids is 1. The molecule has 1 fully saturated rings. The van der Waals surface area contributed by atoms with Gasteiger partial charge in [0.25, 0.3) is 0 Å². The first-order chi connectivity index (χ1) is 14.5. The molecule has 30 heavy (non-hydrogen) atoms. The molecule has 4 nitrogen and oxygen atoms in total. The van der Waals surface area contributed by atoms with Crippen molar-refractivity contribution in [3.05, 3.63) is 76.7 Å². The molecule has 3 heterocycles. The first kappa shape index (κ1) is 20.8. The predicted octanol–water partition coefficient (Wildman–Crippen LogP) is 4.77. The van der Waals surface area contributed by atoms with Crippen LogP contribution in [0, 0.1) is 5.41 Å². The maximum atomic E-state index is 13.3. The second-order valence-corrected chi connectivity index (χ2v) is 9.36. The molecule has 3 aromatic rings. The Bertz CT molecular complexity index is 954. The fourth-order valence-corrected chi connectivity index (χ4v) is 4.94. The van der Waals surface area contributed by atoms with Crippen LogP contribution >= 0.6 is 11.3 Å². The zero-order valence-electron chi connectivity index (χ0n) is 17.7. The summed E-state index contributed by atoms with van der Waals surface area (Å²) in [5.74, 6) is 0.169. The largest absolute Gasteiger partial charge is 0.353 e. The highest BCUT2D eigenvalue weighted by molar-refractivity contribution is 7.08. The quantitative estimate of drug-likeness (QED) is 0.600. The lowest BCUT2D eigenvalue weighted by molar-refractivity contribution is -0.131. The van der Waals surface area contributed by atoms with Gasteiger partial charge in [-0.25, -0.2) is 0 Å². The third-order valence-electron chi connectivity index (χ3n) is 5.80. The van der Waals surface area contributed by atoms with Crippen LogP contribution in [-0.2, 0) is 17.8 Å². The van der Waals surface area contributed by atoms with Gasteiger partial charge >= 0.3 is 0 Å². The Morgan fingerprint density at radius 1 is 1.17 bits per heavy atom. The average Bonchev–Trinajstić information content (AvgIpc) is 3.40. The van der Waals surface area contributed by atoms with Crippen LogP contribution < -0.4 is 5.32 Å². The molecule has 0 saturated carbocycles. The molecule has 0 bridgehead atoms. The van der Waals surface area contributed by atoms with Crippen molar-refractivity contribution in [1.29, 1.82) is 0 Å². The lowest BCUT2D eigenvalue weighted by Crippen LogP contribution is -2.46. The van der Waals surface area contributed by atoms with E-state index in [-0.39, 0.29) is 11.9 Å². The molecule has 0 radical (unpaired) electrons. The number of thiophene rings is 1. The minimum Gasteiger partial charge on any atom is -0.353 e. The van der Waals surface area contributed by atoms with E-state index in [0.717, 1.165) is 38.2 Å². The monoisotopic (exact) mass is 419 g/mol. The van der Waals surface area contributed by atoms with Gasteiger partial charge in [0.1, 0.15) is 0 Å². The maximum absolute atomic E-state index is 13.3. The van der Waals surface area contributed by atoms with Crippen molar-refractivity contribution < 1.29 is 4.79 Å². The molecule has 2 aromatic heterocycles. The summed E-state index contributed by atoms with van der Waals surface area (Å²) in [6.07, 6.45) is 3.46. The summed E-state index contributed by atoms with van der Waals surface area (Å²) in [6.45, 7) is 6.52. The van der Waals surface area contributed by atoms with E-state index < -0.39 is 5.41 Å². The summed E-state index contributed by atoms with van der Waals surface area (Å²) in [7, 11) is 0. The van der Waals surface area contributed by atoms with Crippen LogP contribution in [-0.4, -0.2) is 34.9 Å². The van der Waals surface area contributed by atoms with Crippen LogP contribution in [0.4, 0.5) is 0 Å². The third-order valence-corrected chi connectivity index (χ3v) is 6.48. The fraction of sp³-hybridized carbons (Fsp3) is 0.360. The van der Waals surface area contributed by atoms with Crippen LogP contribution in [0.25, 0.3) is 11.1 Å². The number of rotatable bonds is 7. The summed E-state index contributed by atoms with van der Waals surface area (Å²) in [6, 6.07) is 17.0. The molecule has 4 rings (SSSR count). The number of carbonyl (C=O) groups is 1. The molecule has 5 heteroatoms. The van der Waals surface area contributed by atoms with Crippen LogP contribution in [0.15, 0.2) is 65.5 Å². The number of amides is 1. The van der Waals surface area contributed by atoms with Crippen molar-refractivity contribution in [1.82, 2.24) is 15.2 Å². The summed E-state index contributed by atoms with van der Waals surface area (Å²) < 4.78 is 0. The van der Waals surface area contributed by atoms with Gasteiger partial charge in [-0.3, -0.25) is 14.7 Å². The second kappa shape index (κ2) is 9.11.